The van der Waals surface area contributed by atoms with Gasteiger partial charge in [0.25, 0.3) is 0 Å². The lowest BCUT2D eigenvalue weighted by molar-refractivity contribution is -0.227. The summed E-state index contributed by atoms with van der Waals surface area (Å²) in [5, 5.41) is 0. The van der Waals surface area contributed by atoms with Gasteiger partial charge < -0.3 is 28.4 Å². The first-order chi connectivity index (χ1) is 10.7. The van der Waals surface area contributed by atoms with E-state index in [4.69, 9.17) is 28.4 Å². The van der Waals surface area contributed by atoms with Crippen molar-refractivity contribution >= 4 is 5.97 Å². The molecule has 0 bridgehead atoms. The maximum absolute atomic E-state index is 12.0. The SMILES string of the molecule is CCOC(=O)CC1C(C2COC(C)(C)O2)OC2OC(C)(C)OC21. The summed E-state index contributed by atoms with van der Waals surface area (Å²) in [6.07, 6.45) is -1.19. The van der Waals surface area contributed by atoms with Gasteiger partial charge in [0.15, 0.2) is 17.9 Å². The molecule has 23 heavy (non-hydrogen) atoms. The summed E-state index contributed by atoms with van der Waals surface area (Å²) in [5.74, 6) is -1.83. The summed E-state index contributed by atoms with van der Waals surface area (Å²) < 4.78 is 34.4. The lowest BCUT2D eigenvalue weighted by atomic mass is 9.91. The maximum Gasteiger partial charge on any atom is 0.306 e. The van der Waals surface area contributed by atoms with Crippen molar-refractivity contribution in [2.75, 3.05) is 13.2 Å². The van der Waals surface area contributed by atoms with Crippen LogP contribution in [0.1, 0.15) is 41.0 Å². The first-order valence-electron chi connectivity index (χ1n) is 8.19. The molecule has 7 nitrogen and oxygen atoms in total. The fourth-order valence-electron chi connectivity index (χ4n) is 3.48. The van der Waals surface area contributed by atoms with Crippen LogP contribution in [-0.2, 0) is 33.2 Å². The summed E-state index contributed by atoms with van der Waals surface area (Å²) >= 11 is 0. The van der Waals surface area contributed by atoms with Crippen LogP contribution < -0.4 is 0 Å². The van der Waals surface area contributed by atoms with Gasteiger partial charge in [-0.1, -0.05) is 0 Å². The molecule has 0 N–H and O–H groups in total. The first-order valence-corrected chi connectivity index (χ1v) is 8.19. The van der Waals surface area contributed by atoms with Crippen molar-refractivity contribution in [1.82, 2.24) is 0 Å². The van der Waals surface area contributed by atoms with Crippen LogP contribution in [-0.4, -0.2) is 55.4 Å². The van der Waals surface area contributed by atoms with Gasteiger partial charge >= 0.3 is 5.97 Å². The van der Waals surface area contributed by atoms with Crippen molar-refractivity contribution in [3.8, 4) is 0 Å². The van der Waals surface area contributed by atoms with Crippen molar-refractivity contribution in [2.24, 2.45) is 5.92 Å². The van der Waals surface area contributed by atoms with E-state index >= 15 is 0 Å². The molecule has 3 saturated heterocycles. The van der Waals surface area contributed by atoms with Crippen LogP contribution in [0.3, 0.4) is 0 Å². The standard InChI is InChI=1S/C16H26O7/c1-6-18-11(17)7-9-12(10-8-19-15(2,3)21-10)20-14-13(9)22-16(4,5)23-14/h9-10,12-14H,6-8H2,1-5H3. The van der Waals surface area contributed by atoms with Crippen LogP contribution in [0.2, 0.25) is 0 Å². The second-order valence-corrected chi connectivity index (χ2v) is 7.11. The highest BCUT2D eigenvalue weighted by Gasteiger charge is 2.58. The van der Waals surface area contributed by atoms with Crippen LogP contribution in [0.25, 0.3) is 0 Å². The molecule has 3 rings (SSSR count). The van der Waals surface area contributed by atoms with Gasteiger partial charge in [0.2, 0.25) is 0 Å². The molecule has 132 valence electrons. The molecule has 0 spiro atoms. The Morgan fingerprint density at radius 2 is 1.83 bits per heavy atom. The predicted molar refractivity (Wildman–Crippen MR) is 78.3 cm³/mol. The number of rotatable bonds is 4. The Hall–Kier alpha value is -0.730. The number of ether oxygens (including phenoxy) is 6. The fourth-order valence-corrected chi connectivity index (χ4v) is 3.48. The molecular weight excluding hydrogens is 304 g/mol. The molecule has 0 aliphatic carbocycles. The van der Waals surface area contributed by atoms with Gasteiger partial charge in [-0.2, -0.15) is 0 Å². The Labute approximate surface area is 136 Å². The predicted octanol–water partition coefficient (Wildman–Crippen LogP) is 1.58. The highest BCUT2D eigenvalue weighted by atomic mass is 16.8. The molecule has 5 unspecified atom stereocenters. The Morgan fingerprint density at radius 1 is 1.09 bits per heavy atom. The number of hydrogen-bond acceptors (Lipinski definition) is 7. The number of carbonyl (C=O) groups excluding carboxylic acids is 1. The lowest BCUT2D eigenvalue weighted by Crippen LogP contribution is -2.40. The van der Waals surface area contributed by atoms with Gasteiger partial charge in [-0.25, -0.2) is 0 Å². The van der Waals surface area contributed by atoms with Gasteiger partial charge in [-0.15, -0.1) is 0 Å². The molecule has 7 heteroatoms. The van der Waals surface area contributed by atoms with Crippen molar-refractivity contribution in [1.29, 1.82) is 0 Å². The number of hydrogen-bond donors (Lipinski definition) is 0. The van der Waals surface area contributed by atoms with E-state index in [9.17, 15) is 4.79 Å². The van der Waals surface area contributed by atoms with Gasteiger partial charge in [0, 0.05) is 5.92 Å². The Balaban J connectivity index is 1.75. The minimum absolute atomic E-state index is 0.191. The average molecular weight is 330 g/mol. The Morgan fingerprint density at radius 3 is 2.43 bits per heavy atom. The largest absolute Gasteiger partial charge is 0.466 e. The van der Waals surface area contributed by atoms with Gasteiger partial charge in [0.1, 0.15) is 12.2 Å². The zero-order valence-electron chi connectivity index (χ0n) is 14.4. The molecule has 3 fully saturated rings. The Bertz CT molecular complexity index is 461. The van der Waals surface area contributed by atoms with E-state index in [-0.39, 0.29) is 36.6 Å². The topological polar surface area (TPSA) is 72.5 Å². The van der Waals surface area contributed by atoms with Gasteiger partial charge in [-0.3, -0.25) is 4.79 Å². The van der Waals surface area contributed by atoms with Crippen molar-refractivity contribution in [2.45, 2.75) is 77.2 Å². The number of fused-ring (bicyclic) bond motifs is 1. The second-order valence-electron chi connectivity index (χ2n) is 7.11. The van der Waals surface area contributed by atoms with Crippen LogP contribution in [0.5, 0.6) is 0 Å². The van der Waals surface area contributed by atoms with E-state index in [1.807, 2.05) is 27.7 Å². The third-order valence-corrected chi connectivity index (χ3v) is 4.33. The first kappa shape index (κ1) is 17.1. The molecule has 0 saturated carbocycles. The van der Waals surface area contributed by atoms with Crippen LogP contribution in [0, 0.1) is 5.92 Å². The van der Waals surface area contributed by atoms with Gasteiger partial charge in [-0.05, 0) is 34.6 Å². The summed E-state index contributed by atoms with van der Waals surface area (Å²) in [4.78, 5) is 12.0. The van der Waals surface area contributed by atoms with Gasteiger partial charge in [0.05, 0.1) is 25.7 Å². The second kappa shape index (κ2) is 5.97. The normalized spacial score (nSPS) is 41.0. The summed E-state index contributed by atoms with van der Waals surface area (Å²) in [6.45, 7) is 9.95. The summed E-state index contributed by atoms with van der Waals surface area (Å²) in [5.41, 5.74) is 0. The minimum atomic E-state index is -0.723. The quantitative estimate of drug-likeness (QED) is 0.725. The van der Waals surface area contributed by atoms with Crippen molar-refractivity contribution < 1.29 is 33.2 Å². The molecule has 0 radical (unpaired) electrons. The van der Waals surface area contributed by atoms with E-state index in [1.54, 1.807) is 6.92 Å². The lowest BCUT2D eigenvalue weighted by Gasteiger charge is -2.28. The average Bonchev–Trinajstić information content (AvgIpc) is 3.01. The van der Waals surface area contributed by atoms with E-state index < -0.39 is 17.9 Å². The third kappa shape index (κ3) is 3.53. The van der Waals surface area contributed by atoms with Crippen LogP contribution >= 0.6 is 0 Å². The van der Waals surface area contributed by atoms with E-state index in [0.29, 0.717) is 13.2 Å². The van der Waals surface area contributed by atoms with E-state index in [2.05, 4.69) is 0 Å². The number of esters is 1. The Kier molecular flexibility index (Phi) is 4.44. The molecule has 3 aliphatic rings. The molecular formula is C16H26O7. The zero-order valence-corrected chi connectivity index (χ0v) is 14.4. The molecule has 3 heterocycles. The van der Waals surface area contributed by atoms with Crippen LogP contribution in [0.15, 0.2) is 0 Å². The van der Waals surface area contributed by atoms with Crippen LogP contribution in [0.4, 0.5) is 0 Å². The monoisotopic (exact) mass is 330 g/mol. The van der Waals surface area contributed by atoms with E-state index in [1.165, 1.54) is 0 Å². The highest BCUT2D eigenvalue weighted by Crippen LogP contribution is 2.45. The van der Waals surface area contributed by atoms with Crippen molar-refractivity contribution in [3.63, 3.8) is 0 Å². The minimum Gasteiger partial charge on any atom is -0.466 e. The molecule has 0 aromatic rings. The number of carbonyl (C=O) groups is 1. The molecule has 3 aliphatic heterocycles. The third-order valence-electron chi connectivity index (χ3n) is 4.33. The van der Waals surface area contributed by atoms with Crippen molar-refractivity contribution in [3.05, 3.63) is 0 Å². The summed E-state index contributed by atoms with van der Waals surface area (Å²) in [6, 6.07) is 0. The summed E-state index contributed by atoms with van der Waals surface area (Å²) in [7, 11) is 0. The molecule has 0 amide bonds. The van der Waals surface area contributed by atoms with E-state index in [0.717, 1.165) is 0 Å². The molecule has 0 aromatic heterocycles. The molecule has 0 aromatic carbocycles. The highest BCUT2D eigenvalue weighted by molar-refractivity contribution is 5.69. The fraction of sp³-hybridized carbons (Fsp3) is 0.938. The molecule has 5 atom stereocenters. The zero-order chi connectivity index (χ0) is 16.8. The smallest absolute Gasteiger partial charge is 0.306 e. The maximum atomic E-state index is 12.0.